The molecule has 0 radical (unpaired) electrons. The third kappa shape index (κ3) is 26.0. The summed E-state index contributed by atoms with van der Waals surface area (Å²) in [6, 6.07) is 0. The maximum absolute atomic E-state index is 10.5. The third-order valence-electron chi connectivity index (χ3n) is 3.76. The molecular weight excluding hydrogens is 435 g/mol. The van der Waals surface area contributed by atoms with Crippen LogP contribution in [0.25, 0.3) is 0 Å². The molecule has 0 amide bonds. The van der Waals surface area contributed by atoms with E-state index >= 15 is 0 Å². The van der Waals surface area contributed by atoms with Gasteiger partial charge in [0.15, 0.2) is 0 Å². The first-order valence-corrected chi connectivity index (χ1v) is 12.3. The van der Waals surface area contributed by atoms with Crippen LogP contribution in [0.4, 0.5) is 0 Å². The molecule has 0 aliphatic rings. The van der Waals surface area contributed by atoms with Crippen molar-refractivity contribution in [3.05, 3.63) is 0 Å². The second kappa shape index (κ2) is 23.0. The van der Waals surface area contributed by atoms with Crippen molar-refractivity contribution in [2.45, 2.75) is 32.8 Å². The van der Waals surface area contributed by atoms with Gasteiger partial charge in [-0.3, -0.25) is 4.52 Å². The Labute approximate surface area is 185 Å². The smallest absolute Gasteiger partial charge is 0.379 e. The number of phosphoric acid groups is 1. The SMILES string of the molecule is CCOCCOCCC(CCOCCOCC)OCCOCCOCCOP(=O)(O)O. The van der Waals surface area contributed by atoms with Crippen molar-refractivity contribution in [2.24, 2.45) is 0 Å². The van der Waals surface area contributed by atoms with E-state index in [1.165, 1.54) is 0 Å². The minimum absolute atomic E-state index is 0.00356. The molecule has 0 rings (SSSR count). The standard InChI is InChI=1S/C19H41O11P/c1-3-23-9-11-25-7-5-19(6-8-26-12-10-24-4-2)29-17-15-27-13-14-28-16-18-30-31(20,21)22/h19H,3-18H2,1-2H3,(H2,20,21,22). The van der Waals surface area contributed by atoms with Crippen molar-refractivity contribution in [1.82, 2.24) is 0 Å². The number of hydrogen-bond donors (Lipinski definition) is 2. The molecule has 11 nitrogen and oxygen atoms in total. The van der Waals surface area contributed by atoms with Gasteiger partial charge in [0.05, 0.1) is 72.2 Å². The molecule has 0 fully saturated rings. The molecule has 31 heavy (non-hydrogen) atoms. The maximum Gasteiger partial charge on any atom is 0.469 e. The highest BCUT2D eigenvalue weighted by Gasteiger charge is 2.12. The van der Waals surface area contributed by atoms with E-state index in [1.54, 1.807) is 0 Å². The monoisotopic (exact) mass is 476 g/mol. The van der Waals surface area contributed by atoms with Crippen molar-refractivity contribution in [2.75, 3.05) is 92.5 Å². The van der Waals surface area contributed by atoms with Gasteiger partial charge in [-0.1, -0.05) is 0 Å². The Morgan fingerprint density at radius 2 is 0.968 bits per heavy atom. The molecule has 0 aromatic heterocycles. The lowest BCUT2D eigenvalue weighted by Gasteiger charge is -2.18. The van der Waals surface area contributed by atoms with E-state index in [9.17, 15) is 4.57 Å². The second-order valence-electron chi connectivity index (χ2n) is 6.24. The van der Waals surface area contributed by atoms with Gasteiger partial charge in [0.25, 0.3) is 0 Å². The lowest BCUT2D eigenvalue weighted by atomic mass is 10.2. The van der Waals surface area contributed by atoms with Gasteiger partial charge in [-0.15, -0.1) is 0 Å². The summed E-state index contributed by atoms with van der Waals surface area (Å²) >= 11 is 0. The Balaban J connectivity index is 3.78. The van der Waals surface area contributed by atoms with Crippen LogP contribution in [-0.4, -0.2) is 108 Å². The first kappa shape index (κ1) is 30.8. The molecule has 0 aliphatic carbocycles. The molecule has 2 N–H and O–H groups in total. The van der Waals surface area contributed by atoms with Gasteiger partial charge < -0.3 is 42.9 Å². The van der Waals surface area contributed by atoms with Gasteiger partial charge in [0.2, 0.25) is 0 Å². The van der Waals surface area contributed by atoms with Crippen LogP contribution in [-0.2, 0) is 42.2 Å². The van der Waals surface area contributed by atoms with Crippen LogP contribution in [0.2, 0.25) is 0 Å². The van der Waals surface area contributed by atoms with E-state index in [1.807, 2.05) is 13.8 Å². The molecule has 188 valence electrons. The number of hydrogen-bond acceptors (Lipinski definition) is 9. The third-order valence-corrected chi connectivity index (χ3v) is 4.28. The number of phosphoric ester groups is 1. The van der Waals surface area contributed by atoms with Crippen LogP contribution >= 0.6 is 7.82 Å². The largest absolute Gasteiger partial charge is 0.469 e. The zero-order valence-electron chi connectivity index (χ0n) is 18.9. The molecule has 0 aromatic carbocycles. The van der Waals surface area contributed by atoms with Gasteiger partial charge in [0, 0.05) is 26.4 Å². The topological polar surface area (TPSA) is 131 Å². The first-order chi connectivity index (χ1) is 15.0. The number of rotatable bonds is 25. The molecule has 0 aromatic rings. The maximum atomic E-state index is 10.5. The predicted octanol–water partition coefficient (Wildman–Crippen LogP) is 1.40. The summed E-state index contributed by atoms with van der Waals surface area (Å²) in [7, 11) is -4.44. The Hall–Kier alpha value is -0.170. The minimum Gasteiger partial charge on any atom is -0.379 e. The van der Waals surface area contributed by atoms with Crippen LogP contribution in [0.3, 0.4) is 0 Å². The molecule has 0 atom stereocenters. The van der Waals surface area contributed by atoms with Crippen molar-refractivity contribution in [1.29, 1.82) is 0 Å². The molecular formula is C19H41O11P. The summed E-state index contributed by atoms with van der Waals surface area (Å²) in [5.74, 6) is 0. The summed E-state index contributed by atoms with van der Waals surface area (Å²) in [5.41, 5.74) is 0. The zero-order valence-corrected chi connectivity index (χ0v) is 19.8. The van der Waals surface area contributed by atoms with Crippen LogP contribution in [0.15, 0.2) is 0 Å². The van der Waals surface area contributed by atoms with E-state index < -0.39 is 7.82 Å². The van der Waals surface area contributed by atoms with Crippen molar-refractivity contribution in [3.63, 3.8) is 0 Å². The average molecular weight is 477 g/mol. The van der Waals surface area contributed by atoms with E-state index in [-0.39, 0.29) is 19.3 Å². The molecule has 0 heterocycles. The lowest BCUT2D eigenvalue weighted by molar-refractivity contribution is -0.0398. The highest BCUT2D eigenvalue weighted by atomic mass is 31.2. The molecule has 0 bridgehead atoms. The molecule has 0 unspecified atom stereocenters. The van der Waals surface area contributed by atoms with E-state index in [0.29, 0.717) is 79.3 Å². The molecule has 12 heteroatoms. The molecule has 0 spiro atoms. The van der Waals surface area contributed by atoms with Crippen molar-refractivity contribution >= 4 is 7.82 Å². The van der Waals surface area contributed by atoms with Gasteiger partial charge in [-0.25, -0.2) is 4.57 Å². The van der Waals surface area contributed by atoms with Crippen molar-refractivity contribution < 1.29 is 52.0 Å². The Bertz CT molecular complexity index is 392. The highest BCUT2D eigenvalue weighted by molar-refractivity contribution is 7.46. The zero-order chi connectivity index (χ0) is 23.0. The van der Waals surface area contributed by atoms with Gasteiger partial charge in [-0.05, 0) is 26.7 Å². The quantitative estimate of drug-likeness (QED) is 0.146. The fraction of sp³-hybridized carbons (Fsp3) is 1.00. The Morgan fingerprint density at radius 3 is 1.42 bits per heavy atom. The van der Waals surface area contributed by atoms with Crippen LogP contribution in [0.5, 0.6) is 0 Å². The average Bonchev–Trinajstić information content (AvgIpc) is 2.72. The van der Waals surface area contributed by atoms with Crippen molar-refractivity contribution in [3.8, 4) is 0 Å². The minimum atomic E-state index is -4.44. The molecule has 0 saturated heterocycles. The van der Waals surface area contributed by atoms with Gasteiger partial charge in [-0.2, -0.15) is 0 Å². The predicted molar refractivity (Wildman–Crippen MR) is 113 cm³/mol. The molecule has 0 aliphatic heterocycles. The lowest BCUT2D eigenvalue weighted by Crippen LogP contribution is -2.22. The van der Waals surface area contributed by atoms with Gasteiger partial charge in [0.1, 0.15) is 0 Å². The van der Waals surface area contributed by atoms with Crippen LogP contribution in [0.1, 0.15) is 26.7 Å². The summed E-state index contributed by atoms with van der Waals surface area (Å²) < 4.78 is 52.9. The van der Waals surface area contributed by atoms with Crippen LogP contribution < -0.4 is 0 Å². The Kier molecular flexibility index (Phi) is 22.9. The summed E-state index contributed by atoms with van der Waals surface area (Å²) in [6.45, 7) is 10.1. The summed E-state index contributed by atoms with van der Waals surface area (Å²) in [5, 5.41) is 0. The molecule has 0 saturated carbocycles. The normalized spacial score (nSPS) is 12.2. The second-order valence-corrected chi connectivity index (χ2v) is 7.48. The van der Waals surface area contributed by atoms with E-state index in [0.717, 1.165) is 12.8 Å². The summed E-state index contributed by atoms with van der Waals surface area (Å²) in [4.78, 5) is 17.1. The van der Waals surface area contributed by atoms with E-state index in [4.69, 9.17) is 42.9 Å². The Morgan fingerprint density at radius 1 is 0.581 bits per heavy atom. The van der Waals surface area contributed by atoms with E-state index in [2.05, 4.69) is 4.52 Å². The first-order valence-electron chi connectivity index (χ1n) is 10.8. The van der Waals surface area contributed by atoms with Crippen LogP contribution in [0, 0.1) is 0 Å². The fourth-order valence-corrected chi connectivity index (χ4v) is 2.59. The fourth-order valence-electron chi connectivity index (χ4n) is 2.28. The highest BCUT2D eigenvalue weighted by Crippen LogP contribution is 2.35. The number of ether oxygens (including phenoxy) is 7. The summed E-state index contributed by atoms with van der Waals surface area (Å²) in [6.07, 6.45) is 1.51. The van der Waals surface area contributed by atoms with Gasteiger partial charge >= 0.3 is 7.82 Å².